The summed E-state index contributed by atoms with van der Waals surface area (Å²) in [6, 6.07) is -0.539. The zero-order valence-corrected chi connectivity index (χ0v) is 57.2. The molecule has 0 fully saturated rings. The largest absolute Gasteiger partial charge is 0.466 e. The predicted molar refractivity (Wildman–Crippen MR) is 370 cm³/mol. The van der Waals surface area contributed by atoms with Crippen LogP contribution in [0.4, 0.5) is 0 Å². The van der Waals surface area contributed by atoms with Crippen molar-refractivity contribution in [1.29, 1.82) is 0 Å². The Hall–Kier alpha value is -1.66. The minimum Gasteiger partial charge on any atom is -0.466 e. The highest BCUT2D eigenvalue weighted by Gasteiger charge is 2.20. The van der Waals surface area contributed by atoms with Gasteiger partial charge in [0, 0.05) is 12.8 Å². The van der Waals surface area contributed by atoms with Crippen LogP contribution < -0.4 is 5.32 Å². The van der Waals surface area contributed by atoms with Gasteiger partial charge >= 0.3 is 5.97 Å². The molecule has 0 aromatic rings. The van der Waals surface area contributed by atoms with Crippen LogP contribution in [0.15, 0.2) is 24.3 Å². The van der Waals surface area contributed by atoms with E-state index >= 15 is 0 Å². The Balaban J connectivity index is 3.34. The molecule has 2 unspecified atom stereocenters. The van der Waals surface area contributed by atoms with Gasteiger partial charge in [-0.25, -0.2) is 0 Å². The van der Waals surface area contributed by atoms with E-state index < -0.39 is 12.1 Å². The van der Waals surface area contributed by atoms with E-state index in [1.807, 2.05) is 0 Å². The van der Waals surface area contributed by atoms with Crippen LogP contribution in [0.5, 0.6) is 0 Å². The molecule has 0 aromatic carbocycles. The van der Waals surface area contributed by atoms with E-state index in [2.05, 4.69) is 43.5 Å². The molecule has 0 saturated carbocycles. The molecule has 0 bridgehead atoms. The van der Waals surface area contributed by atoms with Gasteiger partial charge in [-0.15, -0.1) is 0 Å². The Bertz CT molecular complexity index is 1320. The maximum absolute atomic E-state index is 12.5. The number of esters is 1. The molecular weight excluding hydrogens is 1030 g/mol. The van der Waals surface area contributed by atoms with E-state index in [0.29, 0.717) is 25.9 Å². The van der Waals surface area contributed by atoms with Crippen molar-refractivity contribution >= 4 is 11.9 Å². The Morgan fingerprint density at radius 3 is 0.905 bits per heavy atom. The maximum atomic E-state index is 12.5. The zero-order valence-electron chi connectivity index (χ0n) is 57.2. The molecule has 6 nitrogen and oxygen atoms in total. The van der Waals surface area contributed by atoms with Gasteiger partial charge < -0.3 is 20.3 Å². The van der Waals surface area contributed by atoms with Crippen LogP contribution in [0, 0.1) is 0 Å². The number of aliphatic hydroxyl groups excluding tert-OH is 2. The van der Waals surface area contributed by atoms with Crippen LogP contribution in [0.3, 0.4) is 0 Å². The van der Waals surface area contributed by atoms with Crippen molar-refractivity contribution in [2.24, 2.45) is 0 Å². The molecule has 0 aliphatic carbocycles. The molecule has 0 heterocycles. The summed E-state index contributed by atoms with van der Waals surface area (Å²) in [5, 5.41) is 23.3. The summed E-state index contributed by atoms with van der Waals surface area (Å²) < 4.78 is 5.52. The SMILES string of the molecule is CCCCCCCCCCCCCCCCCCCCCC(=O)OCCCCCCCCCCCCC/C=C\C/C=C\CCCCCCCCCCCCCCCCCCCC(=O)NC(CO)C(O)CCCCCCCCCCCCCCC. The molecule has 0 aromatic heterocycles. The first-order valence-corrected chi connectivity index (χ1v) is 38.6. The third kappa shape index (κ3) is 69.4. The summed E-state index contributed by atoms with van der Waals surface area (Å²) in [7, 11) is 0. The lowest BCUT2D eigenvalue weighted by Gasteiger charge is -2.22. The third-order valence-corrected chi connectivity index (χ3v) is 18.3. The number of unbranched alkanes of at least 4 members (excludes halogenated alkanes) is 58. The topological polar surface area (TPSA) is 95.9 Å². The van der Waals surface area contributed by atoms with Crippen LogP contribution in [0.2, 0.25) is 0 Å². The van der Waals surface area contributed by atoms with Crippen LogP contribution in [0.1, 0.15) is 438 Å². The van der Waals surface area contributed by atoms with E-state index in [-0.39, 0.29) is 18.5 Å². The highest BCUT2D eigenvalue weighted by Crippen LogP contribution is 2.20. The summed E-state index contributed by atoms with van der Waals surface area (Å²) >= 11 is 0. The van der Waals surface area contributed by atoms with Gasteiger partial charge in [-0.05, 0) is 57.8 Å². The standard InChI is InChI=1S/C78H151NO5/c1-3-5-7-9-11-13-15-17-18-19-37-41-44-48-52-56-60-64-68-72-78(83)84-73-69-65-61-57-53-49-45-42-39-36-34-32-30-28-26-24-22-20-21-23-25-27-29-31-33-35-38-40-43-47-51-55-59-63-67-71-77(82)79-75(74-80)76(81)70-66-62-58-54-50-46-16-14-12-10-8-6-4-2/h22,24,28,30,75-76,80-81H,3-21,23,25-27,29,31-74H2,1-2H3,(H,79,82)/b24-22-,30-28-. The molecule has 6 heteroatoms. The van der Waals surface area contributed by atoms with Gasteiger partial charge in [0.05, 0.1) is 25.4 Å². The highest BCUT2D eigenvalue weighted by atomic mass is 16.5. The van der Waals surface area contributed by atoms with Crippen molar-refractivity contribution in [2.75, 3.05) is 13.2 Å². The Labute approximate surface area is 526 Å². The van der Waals surface area contributed by atoms with Gasteiger partial charge in [0.1, 0.15) is 0 Å². The number of allylic oxidation sites excluding steroid dienone is 4. The second-order valence-electron chi connectivity index (χ2n) is 26.7. The molecule has 84 heavy (non-hydrogen) atoms. The first-order chi connectivity index (χ1) is 41.5. The predicted octanol–water partition coefficient (Wildman–Crippen LogP) is 25.3. The average molecular weight is 1180 g/mol. The Morgan fingerprint density at radius 1 is 0.333 bits per heavy atom. The normalized spacial score (nSPS) is 12.6. The van der Waals surface area contributed by atoms with Crippen LogP contribution in [-0.4, -0.2) is 47.4 Å². The number of hydrogen-bond acceptors (Lipinski definition) is 5. The van der Waals surface area contributed by atoms with E-state index in [9.17, 15) is 19.8 Å². The first kappa shape index (κ1) is 82.3. The van der Waals surface area contributed by atoms with Crippen molar-refractivity contribution in [2.45, 2.75) is 450 Å². The summed E-state index contributed by atoms with van der Waals surface area (Å²) in [6.07, 6.45) is 94.1. The summed E-state index contributed by atoms with van der Waals surface area (Å²) in [6.45, 7) is 5.00. The summed E-state index contributed by atoms with van der Waals surface area (Å²) in [5.41, 5.74) is 0. The van der Waals surface area contributed by atoms with Gasteiger partial charge in [-0.2, -0.15) is 0 Å². The lowest BCUT2D eigenvalue weighted by Crippen LogP contribution is -2.45. The van der Waals surface area contributed by atoms with Crippen LogP contribution in [-0.2, 0) is 14.3 Å². The molecule has 0 aliphatic rings. The molecule has 0 radical (unpaired) electrons. The molecule has 0 saturated heterocycles. The quantitative estimate of drug-likeness (QED) is 0.0320. The van der Waals surface area contributed by atoms with Crippen LogP contribution >= 0.6 is 0 Å². The maximum Gasteiger partial charge on any atom is 0.305 e. The lowest BCUT2D eigenvalue weighted by atomic mass is 10.0. The van der Waals surface area contributed by atoms with Crippen molar-refractivity contribution < 1.29 is 24.5 Å². The molecule has 1 amide bonds. The molecule has 498 valence electrons. The van der Waals surface area contributed by atoms with E-state index in [1.54, 1.807) is 0 Å². The van der Waals surface area contributed by atoms with E-state index in [0.717, 1.165) is 44.9 Å². The first-order valence-electron chi connectivity index (χ1n) is 38.6. The minimum atomic E-state index is -0.662. The summed E-state index contributed by atoms with van der Waals surface area (Å²) in [5.74, 6) is -0.00772. The Kier molecular flexibility index (Phi) is 72.3. The number of amides is 1. The average Bonchev–Trinajstić information content (AvgIpc) is 3.54. The fraction of sp³-hybridized carbons (Fsp3) is 0.923. The number of hydrogen-bond donors (Lipinski definition) is 3. The smallest absolute Gasteiger partial charge is 0.305 e. The number of ether oxygens (including phenoxy) is 1. The van der Waals surface area contributed by atoms with E-state index in [1.165, 1.54) is 360 Å². The second-order valence-corrected chi connectivity index (χ2v) is 26.7. The van der Waals surface area contributed by atoms with E-state index in [4.69, 9.17) is 4.74 Å². The molecule has 0 rings (SSSR count). The van der Waals surface area contributed by atoms with Gasteiger partial charge in [0.2, 0.25) is 5.91 Å². The van der Waals surface area contributed by atoms with Crippen LogP contribution in [0.25, 0.3) is 0 Å². The fourth-order valence-corrected chi connectivity index (χ4v) is 12.4. The fourth-order valence-electron chi connectivity index (χ4n) is 12.4. The second kappa shape index (κ2) is 73.8. The van der Waals surface area contributed by atoms with Gasteiger partial charge in [0.25, 0.3) is 0 Å². The lowest BCUT2D eigenvalue weighted by molar-refractivity contribution is -0.143. The Morgan fingerprint density at radius 2 is 0.595 bits per heavy atom. The molecule has 3 N–H and O–H groups in total. The van der Waals surface area contributed by atoms with Gasteiger partial charge in [0.15, 0.2) is 0 Å². The number of carbonyl (C=O) groups is 2. The number of rotatable bonds is 73. The monoisotopic (exact) mass is 1180 g/mol. The van der Waals surface area contributed by atoms with Crippen molar-refractivity contribution in [3.63, 3.8) is 0 Å². The molecular formula is C78H151NO5. The highest BCUT2D eigenvalue weighted by molar-refractivity contribution is 5.76. The van der Waals surface area contributed by atoms with Crippen molar-refractivity contribution in [3.05, 3.63) is 24.3 Å². The third-order valence-electron chi connectivity index (χ3n) is 18.3. The zero-order chi connectivity index (χ0) is 60.6. The number of aliphatic hydroxyl groups is 2. The summed E-state index contributed by atoms with van der Waals surface area (Å²) in [4.78, 5) is 24.6. The van der Waals surface area contributed by atoms with Crippen molar-refractivity contribution in [1.82, 2.24) is 5.32 Å². The molecule has 2 atom stereocenters. The van der Waals surface area contributed by atoms with Gasteiger partial charge in [-0.1, -0.05) is 391 Å². The minimum absolute atomic E-state index is 0.0225. The number of nitrogens with one attached hydrogen (secondary N) is 1. The molecule has 0 aliphatic heterocycles. The molecule has 0 spiro atoms. The number of carbonyl (C=O) groups excluding carboxylic acids is 2. The van der Waals surface area contributed by atoms with Gasteiger partial charge in [-0.3, -0.25) is 9.59 Å². The van der Waals surface area contributed by atoms with Crippen molar-refractivity contribution in [3.8, 4) is 0 Å².